The monoisotopic (exact) mass is 163 g/mol. The fraction of sp³-hybridized carbons (Fsp3) is 0.111. The SMILES string of the molecule is [O]Cc1cc2ccccc2s1. The molecule has 0 unspecified atom stereocenters. The zero-order valence-corrected chi connectivity index (χ0v) is 6.73. The van der Waals surface area contributed by atoms with Crippen LogP contribution in [0.1, 0.15) is 4.88 Å². The van der Waals surface area contributed by atoms with Gasteiger partial charge < -0.3 is 0 Å². The van der Waals surface area contributed by atoms with Gasteiger partial charge >= 0.3 is 0 Å². The van der Waals surface area contributed by atoms with Crippen LogP contribution in [0.4, 0.5) is 0 Å². The summed E-state index contributed by atoms with van der Waals surface area (Å²) in [5, 5.41) is 11.7. The molecule has 0 amide bonds. The Morgan fingerprint density at radius 2 is 2.09 bits per heavy atom. The Hall–Kier alpha value is -0.860. The van der Waals surface area contributed by atoms with Gasteiger partial charge in [0.25, 0.3) is 0 Å². The zero-order valence-electron chi connectivity index (χ0n) is 5.91. The molecule has 0 saturated carbocycles. The van der Waals surface area contributed by atoms with Crippen LogP contribution >= 0.6 is 11.3 Å². The molecule has 0 aliphatic carbocycles. The van der Waals surface area contributed by atoms with Crippen LogP contribution in [0, 0.1) is 0 Å². The Morgan fingerprint density at radius 3 is 2.82 bits per heavy atom. The van der Waals surface area contributed by atoms with Crippen LogP contribution in [-0.2, 0) is 11.7 Å². The van der Waals surface area contributed by atoms with Crippen LogP contribution in [0.5, 0.6) is 0 Å². The molecular weight excluding hydrogens is 156 g/mol. The van der Waals surface area contributed by atoms with Gasteiger partial charge in [0.2, 0.25) is 0 Å². The lowest BCUT2D eigenvalue weighted by Gasteiger charge is -1.82. The molecule has 1 aromatic carbocycles. The molecule has 0 bridgehead atoms. The minimum atomic E-state index is -0.0979. The van der Waals surface area contributed by atoms with Crippen molar-refractivity contribution >= 4 is 21.4 Å². The Kier molecular flexibility index (Phi) is 1.64. The highest BCUT2D eigenvalue weighted by molar-refractivity contribution is 7.19. The molecule has 0 spiro atoms. The van der Waals surface area contributed by atoms with Crippen molar-refractivity contribution in [3.8, 4) is 0 Å². The summed E-state index contributed by atoms with van der Waals surface area (Å²) in [6, 6.07) is 10.0. The summed E-state index contributed by atoms with van der Waals surface area (Å²) in [5.74, 6) is 0. The lowest BCUT2D eigenvalue weighted by atomic mass is 10.2. The lowest BCUT2D eigenvalue weighted by molar-refractivity contribution is 0.180. The van der Waals surface area contributed by atoms with Crippen LogP contribution in [0.3, 0.4) is 0 Å². The number of fused-ring (bicyclic) bond motifs is 1. The first-order valence-corrected chi connectivity index (χ1v) is 4.27. The molecule has 1 aromatic heterocycles. The van der Waals surface area contributed by atoms with E-state index in [0.717, 1.165) is 4.88 Å². The molecule has 0 aliphatic heterocycles. The van der Waals surface area contributed by atoms with Crippen molar-refractivity contribution < 1.29 is 5.11 Å². The first kappa shape index (κ1) is 6.83. The molecule has 2 rings (SSSR count). The largest absolute Gasteiger partial charge is 0.231 e. The van der Waals surface area contributed by atoms with Gasteiger partial charge in [0, 0.05) is 9.58 Å². The van der Waals surface area contributed by atoms with Crippen molar-refractivity contribution in [2.45, 2.75) is 6.61 Å². The third-order valence-electron chi connectivity index (χ3n) is 1.62. The van der Waals surface area contributed by atoms with Gasteiger partial charge in [0.05, 0.1) is 0 Å². The van der Waals surface area contributed by atoms with E-state index in [0.29, 0.717) is 0 Å². The third-order valence-corrected chi connectivity index (χ3v) is 2.71. The number of rotatable bonds is 1. The summed E-state index contributed by atoms with van der Waals surface area (Å²) in [5.41, 5.74) is 0. The van der Waals surface area contributed by atoms with E-state index in [1.165, 1.54) is 10.1 Å². The molecule has 11 heavy (non-hydrogen) atoms. The van der Waals surface area contributed by atoms with E-state index in [9.17, 15) is 5.11 Å². The molecule has 1 nitrogen and oxygen atoms in total. The summed E-state index contributed by atoms with van der Waals surface area (Å²) in [6.45, 7) is -0.0979. The second-order valence-electron chi connectivity index (χ2n) is 2.39. The van der Waals surface area contributed by atoms with Gasteiger partial charge in [-0.25, -0.2) is 5.11 Å². The molecule has 2 aromatic rings. The highest BCUT2D eigenvalue weighted by Gasteiger charge is 1.98. The minimum absolute atomic E-state index is 0.0979. The second kappa shape index (κ2) is 2.64. The van der Waals surface area contributed by atoms with E-state index < -0.39 is 0 Å². The fourth-order valence-electron chi connectivity index (χ4n) is 1.11. The lowest BCUT2D eigenvalue weighted by Crippen LogP contribution is -1.67. The van der Waals surface area contributed by atoms with Crippen LogP contribution in [0.25, 0.3) is 10.1 Å². The quantitative estimate of drug-likeness (QED) is 0.616. The van der Waals surface area contributed by atoms with E-state index in [-0.39, 0.29) is 6.61 Å². The number of hydrogen-bond donors (Lipinski definition) is 0. The van der Waals surface area contributed by atoms with E-state index in [1.807, 2.05) is 30.3 Å². The maximum absolute atomic E-state index is 10.5. The molecule has 1 heterocycles. The Labute approximate surface area is 68.9 Å². The molecule has 55 valence electrons. The maximum atomic E-state index is 10.5. The topological polar surface area (TPSA) is 19.9 Å². The minimum Gasteiger partial charge on any atom is -0.231 e. The standard InChI is InChI=1S/C9H7OS/c10-6-8-5-7-3-1-2-4-9(7)11-8/h1-5H,6H2. The molecule has 0 aliphatic rings. The fourth-order valence-corrected chi connectivity index (χ4v) is 2.03. The molecule has 1 radical (unpaired) electrons. The van der Waals surface area contributed by atoms with Crippen molar-refractivity contribution in [2.75, 3.05) is 0 Å². The van der Waals surface area contributed by atoms with Gasteiger partial charge in [0.1, 0.15) is 6.61 Å². The first-order valence-electron chi connectivity index (χ1n) is 3.46. The highest BCUT2D eigenvalue weighted by atomic mass is 32.1. The average Bonchev–Trinajstić information content (AvgIpc) is 2.46. The van der Waals surface area contributed by atoms with Crippen molar-refractivity contribution in [1.29, 1.82) is 0 Å². The van der Waals surface area contributed by atoms with Gasteiger partial charge in [-0.3, -0.25) is 0 Å². The molecule has 0 saturated heterocycles. The van der Waals surface area contributed by atoms with Crippen LogP contribution in [0.15, 0.2) is 30.3 Å². The number of hydrogen-bond acceptors (Lipinski definition) is 1. The summed E-state index contributed by atoms with van der Waals surface area (Å²) < 4.78 is 1.21. The number of benzene rings is 1. The predicted molar refractivity (Wildman–Crippen MR) is 46.2 cm³/mol. The zero-order chi connectivity index (χ0) is 7.68. The van der Waals surface area contributed by atoms with Gasteiger partial charge in [0.15, 0.2) is 0 Å². The molecule has 0 atom stereocenters. The van der Waals surface area contributed by atoms with E-state index in [1.54, 1.807) is 11.3 Å². The Morgan fingerprint density at radius 1 is 1.27 bits per heavy atom. The van der Waals surface area contributed by atoms with Gasteiger partial charge in [-0.05, 0) is 17.5 Å². The smallest absolute Gasteiger partial charge is 0.116 e. The van der Waals surface area contributed by atoms with Crippen molar-refractivity contribution in [3.05, 3.63) is 35.2 Å². The Bertz CT molecular complexity index is 331. The van der Waals surface area contributed by atoms with Gasteiger partial charge in [-0.15, -0.1) is 11.3 Å². The van der Waals surface area contributed by atoms with Crippen LogP contribution in [-0.4, -0.2) is 0 Å². The van der Waals surface area contributed by atoms with Crippen molar-refractivity contribution in [2.24, 2.45) is 0 Å². The summed E-state index contributed by atoms with van der Waals surface area (Å²) in [6.07, 6.45) is 0. The molecule has 0 N–H and O–H groups in total. The molecular formula is C9H7OS. The average molecular weight is 163 g/mol. The van der Waals surface area contributed by atoms with Gasteiger partial charge in [-0.2, -0.15) is 0 Å². The predicted octanol–water partition coefficient (Wildman–Crippen LogP) is 2.83. The third kappa shape index (κ3) is 1.15. The van der Waals surface area contributed by atoms with E-state index >= 15 is 0 Å². The van der Waals surface area contributed by atoms with Crippen molar-refractivity contribution in [1.82, 2.24) is 0 Å². The molecule has 0 fully saturated rings. The van der Waals surface area contributed by atoms with E-state index in [4.69, 9.17) is 0 Å². The van der Waals surface area contributed by atoms with Crippen LogP contribution in [0.2, 0.25) is 0 Å². The molecule has 2 heteroatoms. The highest BCUT2D eigenvalue weighted by Crippen LogP contribution is 2.24. The van der Waals surface area contributed by atoms with Gasteiger partial charge in [-0.1, -0.05) is 18.2 Å². The maximum Gasteiger partial charge on any atom is 0.116 e. The Balaban J connectivity index is 2.69. The van der Waals surface area contributed by atoms with Crippen molar-refractivity contribution in [3.63, 3.8) is 0 Å². The summed E-state index contributed by atoms with van der Waals surface area (Å²) in [7, 11) is 0. The first-order chi connectivity index (χ1) is 5.40. The summed E-state index contributed by atoms with van der Waals surface area (Å²) >= 11 is 1.58. The second-order valence-corrected chi connectivity index (χ2v) is 3.56. The summed E-state index contributed by atoms with van der Waals surface area (Å²) in [4.78, 5) is 0.922. The van der Waals surface area contributed by atoms with Crippen LogP contribution < -0.4 is 0 Å². The van der Waals surface area contributed by atoms with E-state index in [2.05, 4.69) is 0 Å². The number of thiophene rings is 1. The normalized spacial score (nSPS) is 10.6.